The maximum atomic E-state index is 5.42. The summed E-state index contributed by atoms with van der Waals surface area (Å²) < 4.78 is 7.35. The van der Waals surface area contributed by atoms with Gasteiger partial charge in [0.15, 0.2) is 17.5 Å². The fourth-order valence-electron chi connectivity index (χ4n) is 11.1. The molecule has 0 aliphatic carbocycles. The van der Waals surface area contributed by atoms with Crippen LogP contribution >= 0.6 is 11.3 Å². The van der Waals surface area contributed by atoms with Crippen LogP contribution in [0.5, 0.6) is 0 Å². The third kappa shape index (κ3) is 6.22. The SMILES string of the molecule is c1ccc(-c2nc(-c3ccc(-n4c5ccccc5c5cc6ccccc6cc54)c(-c4cccc5sc6c7ccccc7ccc6c45)c3)nc(-c3ccc4c(c3)c3ccccc3n4-c3ccccc3)n2)cc1. The number of benzene rings is 11. The Balaban J connectivity index is 1.000. The van der Waals surface area contributed by atoms with Crippen molar-refractivity contribution >= 4 is 96.7 Å². The first-order chi connectivity index (χ1) is 35.2. The molecular weight excluding hydrogens is 883 g/mol. The average Bonchev–Trinajstić information content (AvgIpc) is 4.10. The van der Waals surface area contributed by atoms with Gasteiger partial charge in [-0.1, -0.05) is 158 Å². The Morgan fingerprint density at radius 1 is 0.310 bits per heavy atom. The lowest BCUT2D eigenvalue weighted by Gasteiger charge is -2.17. The molecule has 4 aromatic heterocycles. The second-order valence-electron chi connectivity index (χ2n) is 18.3. The molecule has 5 nitrogen and oxygen atoms in total. The number of fused-ring (bicyclic) bond motifs is 12. The summed E-state index contributed by atoms with van der Waals surface area (Å²) >= 11 is 1.87. The molecule has 0 atom stereocenters. The van der Waals surface area contributed by atoms with E-state index >= 15 is 0 Å². The van der Waals surface area contributed by atoms with E-state index in [1.54, 1.807) is 0 Å². The van der Waals surface area contributed by atoms with E-state index in [-0.39, 0.29) is 0 Å². The maximum absolute atomic E-state index is 5.42. The number of thiophene rings is 1. The topological polar surface area (TPSA) is 48.5 Å². The lowest BCUT2D eigenvalue weighted by molar-refractivity contribution is 1.07. The number of hydrogen-bond acceptors (Lipinski definition) is 4. The molecule has 0 bridgehead atoms. The zero-order chi connectivity index (χ0) is 46.6. The van der Waals surface area contributed by atoms with E-state index in [0.29, 0.717) is 17.5 Å². The van der Waals surface area contributed by atoms with E-state index in [2.05, 4.69) is 228 Å². The van der Waals surface area contributed by atoms with Gasteiger partial charge in [-0.05, 0) is 106 Å². The first kappa shape index (κ1) is 39.7. The van der Waals surface area contributed by atoms with Gasteiger partial charge in [0.1, 0.15) is 0 Å². The molecule has 0 radical (unpaired) electrons. The van der Waals surface area contributed by atoms with Crippen molar-refractivity contribution in [3.8, 4) is 56.7 Å². The van der Waals surface area contributed by atoms with Crippen LogP contribution in [0.2, 0.25) is 0 Å². The summed E-state index contributed by atoms with van der Waals surface area (Å²) in [7, 11) is 0. The van der Waals surface area contributed by atoms with Gasteiger partial charge in [0.05, 0.1) is 27.8 Å². The molecule has 15 rings (SSSR count). The van der Waals surface area contributed by atoms with Crippen molar-refractivity contribution in [2.24, 2.45) is 0 Å². The van der Waals surface area contributed by atoms with Crippen LogP contribution in [0.15, 0.2) is 237 Å². The van der Waals surface area contributed by atoms with Gasteiger partial charge in [0.25, 0.3) is 0 Å². The van der Waals surface area contributed by atoms with Crippen LogP contribution in [0.25, 0.3) is 142 Å². The van der Waals surface area contributed by atoms with Crippen LogP contribution in [-0.2, 0) is 0 Å². The largest absolute Gasteiger partial charge is 0.309 e. The molecule has 0 aliphatic heterocycles. The van der Waals surface area contributed by atoms with Crippen molar-refractivity contribution in [2.45, 2.75) is 0 Å². The average molecular weight is 922 g/mol. The minimum absolute atomic E-state index is 0.607. The van der Waals surface area contributed by atoms with E-state index in [1.165, 1.54) is 57.9 Å². The number of nitrogens with zero attached hydrogens (tertiary/aromatic N) is 5. The van der Waals surface area contributed by atoms with Crippen molar-refractivity contribution in [3.05, 3.63) is 237 Å². The Bertz CT molecular complexity index is 4640. The molecule has 0 saturated carbocycles. The normalized spacial score (nSPS) is 11.9. The third-order valence-electron chi connectivity index (χ3n) is 14.3. The Morgan fingerprint density at radius 2 is 0.887 bits per heavy atom. The van der Waals surface area contributed by atoms with E-state index < -0.39 is 0 Å². The fraction of sp³-hybridized carbons (Fsp3) is 0. The molecule has 0 N–H and O–H groups in total. The Kier molecular flexibility index (Phi) is 8.76. The van der Waals surface area contributed by atoms with Crippen molar-refractivity contribution in [3.63, 3.8) is 0 Å². The fourth-order valence-corrected chi connectivity index (χ4v) is 12.4. The summed E-state index contributed by atoms with van der Waals surface area (Å²) in [6.45, 7) is 0. The molecule has 0 unspecified atom stereocenters. The first-order valence-corrected chi connectivity index (χ1v) is 24.8. The predicted molar refractivity (Wildman–Crippen MR) is 298 cm³/mol. The van der Waals surface area contributed by atoms with Gasteiger partial charge in [-0.2, -0.15) is 0 Å². The minimum atomic E-state index is 0.607. The highest BCUT2D eigenvalue weighted by Crippen LogP contribution is 2.46. The zero-order valence-corrected chi connectivity index (χ0v) is 39.0. The Hall–Kier alpha value is -9.23. The van der Waals surface area contributed by atoms with Crippen molar-refractivity contribution in [1.82, 2.24) is 24.1 Å². The van der Waals surface area contributed by atoms with E-state index in [0.717, 1.165) is 66.6 Å². The molecule has 4 heterocycles. The highest BCUT2D eigenvalue weighted by molar-refractivity contribution is 7.26. The van der Waals surface area contributed by atoms with Gasteiger partial charge in [-0.15, -0.1) is 11.3 Å². The maximum Gasteiger partial charge on any atom is 0.164 e. The summed E-state index contributed by atoms with van der Waals surface area (Å²) in [6.07, 6.45) is 0. The number of para-hydroxylation sites is 3. The monoisotopic (exact) mass is 921 g/mol. The number of rotatable bonds is 6. The van der Waals surface area contributed by atoms with E-state index in [1.807, 2.05) is 29.5 Å². The van der Waals surface area contributed by atoms with Gasteiger partial charge in [-0.3, -0.25) is 0 Å². The molecule has 6 heteroatoms. The van der Waals surface area contributed by atoms with Crippen molar-refractivity contribution in [1.29, 1.82) is 0 Å². The highest BCUT2D eigenvalue weighted by atomic mass is 32.1. The third-order valence-corrected chi connectivity index (χ3v) is 15.5. The van der Waals surface area contributed by atoms with Crippen LogP contribution in [0.1, 0.15) is 0 Å². The molecule has 0 saturated heterocycles. The van der Waals surface area contributed by atoms with Crippen molar-refractivity contribution < 1.29 is 0 Å². The summed E-state index contributed by atoms with van der Waals surface area (Å²) in [5.41, 5.74) is 11.8. The van der Waals surface area contributed by atoms with Crippen molar-refractivity contribution in [2.75, 3.05) is 0 Å². The molecule has 330 valence electrons. The second-order valence-corrected chi connectivity index (χ2v) is 19.4. The number of hydrogen-bond donors (Lipinski definition) is 0. The van der Waals surface area contributed by atoms with Crippen LogP contribution in [-0.4, -0.2) is 24.1 Å². The Morgan fingerprint density at radius 3 is 1.65 bits per heavy atom. The second kappa shape index (κ2) is 15.7. The lowest BCUT2D eigenvalue weighted by atomic mass is 9.95. The number of aromatic nitrogens is 5. The molecule has 0 amide bonds. The van der Waals surface area contributed by atoms with Gasteiger partial charge >= 0.3 is 0 Å². The molecule has 0 spiro atoms. The Labute approximate surface area is 411 Å². The molecule has 0 aliphatic rings. The summed E-state index contributed by atoms with van der Waals surface area (Å²) in [6, 6.07) is 85.2. The quantitative estimate of drug-likeness (QED) is 0.167. The molecule has 0 fully saturated rings. The predicted octanol–water partition coefficient (Wildman–Crippen LogP) is 17.4. The summed E-state index contributed by atoms with van der Waals surface area (Å²) in [5, 5.41) is 12.2. The molecule has 15 aromatic rings. The summed E-state index contributed by atoms with van der Waals surface area (Å²) in [5.74, 6) is 1.84. The van der Waals surface area contributed by atoms with Gasteiger partial charge in [0, 0.05) is 69.7 Å². The molecular formula is C65H39N5S. The van der Waals surface area contributed by atoms with E-state index in [4.69, 9.17) is 15.0 Å². The first-order valence-electron chi connectivity index (χ1n) is 24.0. The lowest BCUT2D eigenvalue weighted by Crippen LogP contribution is -2.02. The highest BCUT2D eigenvalue weighted by Gasteiger charge is 2.23. The summed E-state index contributed by atoms with van der Waals surface area (Å²) in [4.78, 5) is 16.0. The van der Waals surface area contributed by atoms with Crippen LogP contribution in [0, 0.1) is 0 Å². The van der Waals surface area contributed by atoms with Gasteiger partial charge in [0.2, 0.25) is 0 Å². The molecule has 71 heavy (non-hydrogen) atoms. The minimum Gasteiger partial charge on any atom is -0.309 e. The van der Waals surface area contributed by atoms with Gasteiger partial charge < -0.3 is 9.13 Å². The van der Waals surface area contributed by atoms with Crippen LogP contribution in [0.4, 0.5) is 0 Å². The van der Waals surface area contributed by atoms with E-state index in [9.17, 15) is 0 Å². The zero-order valence-electron chi connectivity index (χ0n) is 38.2. The standard InChI is InChI=1S/C65H39N5S/c1-3-17-41(18-4-1)63-66-64(44-31-34-57-52(37-44)48-24-11-13-27-55(48)69(57)46-21-5-2-6-22-46)68-65(67-63)45-32-35-58(70-56-28-14-12-25-49(56)53-36-42-19-7-8-20-43(42)39-59(53)70)54(38-45)50-26-15-29-60-61(50)51-33-30-40-16-9-10-23-47(40)62(51)71-60/h1-39H. The molecule has 11 aromatic carbocycles. The van der Waals surface area contributed by atoms with Gasteiger partial charge in [-0.25, -0.2) is 15.0 Å². The smallest absolute Gasteiger partial charge is 0.164 e. The van der Waals surface area contributed by atoms with Crippen LogP contribution < -0.4 is 0 Å². The van der Waals surface area contributed by atoms with Crippen LogP contribution in [0.3, 0.4) is 0 Å².